The molecule has 1 atom stereocenters. The number of rotatable bonds is 6. The first-order chi connectivity index (χ1) is 9.61. The third-order valence-corrected chi connectivity index (χ3v) is 3.08. The average Bonchev–Trinajstić information content (AvgIpc) is 2.82. The molecule has 0 fully saturated rings. The molecule has 1 aromatic heterocycles. The van der Waals surface area contributed by atoms with Gasteiger partial charge in [-0.25, -0.2) is 0 Å². The summed E-state index contributed by atoms with van der Waals surface area (Å²) in [6, 6.07) is 6.95. The number of aromatic nitrogens is 2. The number of carboxylic acid groups (broad SMARTS) is 1. The molecule has 0 radical (unpaired) electrons. The van der Waals surface area contributed by atoms with Crippen molar-refractivity contribution in [1.82, 2.24) is 15.5 Å². The monoisotopic (exact) mass is 275 g/mol. The molecule has 0 bridgehead atoms. The molecule has 0 aliphatic heterocycles. The Kier molecular flexibility index (Phi) is 4.34. The van der Waals surface area contributed by atoms with Crippen LogP contribution in [0.5, 0.6) is 0 Å². The fourth-order valence-electron chi connectivity index (χ4n) is 2.17. The Labute approximate surface area is 116 Å². The summed E-state index contributed by atoms with van der Waals surface area (Å²) in [6.07, 6.45) is 1.35. The molecule has 2 rings (SSSR count). The van der Waals surface area contributed by atoms with E-state index in [9.17, 15) is 9.59 Å². The number of carbonyl (C=O) groups excluding carboxylic acids is 1. The molecule has 106 valence electrons. The van der Waals surface area contributed by atoms with Crippen molar-refractivity contribution < 1.29 is 14.7 Å². The number of benzene rings is 1. The van der Waals surface area contributed by atoms with Crippen molar-refractivity contribution in [3.8, 4) is 0 Å². The van der Waals surface area contributed by atoms with E-state index in [1.807, 2.05) is 25.1 Å². The predicted octanol–water partition coefficient (Wildman–Crippen LogP) is 1.94. The van der Waals surface area contributed by atoms with Crippen LogP contribution < -0.4 is 5.32 Å². The van der Waals surface area contributed by atoms with Gasteiger partial charge in [0, 0.05) is 11.4 Å². The molecule has 0 aliphatic carbocycles. The minimum Gasteiger partial charge on any atom is -0.481 e. The summed E-state index contributed by atoms with van der Waals surface area (Å²) in [5.41, 5.74) is 1.08. The highest BCUT2D eigenvalue weighted by Gasteiger charge is 2.19. The minimum atomic E-state index is -0.921. The van der Waals surface area contributed by atoms with Gasteiger partial charge in [0.05, 0.1) is 11.9 Å². The molecular formula is C14H17N3O3. The van der Waals surface area contributed by atoms with Crippen molar-refractivity contribution in [2.45, 2.75) is 32.2 Å². The second-order valence-electron chi connectivity index (χ2n) is 4.67. The van der Waals surface area contributed by atoms with E-state index in [1.165, 1.54) is 0 Å². The molecule has 6 nitrogen and oxygen atoms in total. The van der Waals surface area contributed by atoms with Crippen LogP contribution in [-0.4, -0.2) is 33.2 Å². The molecule has 3 N–H and O–H groups in total. The largest absolute Gasteiger partial charge is 0.481 e. The van der Waals surface area contributed by atoms with Gasteiger partial charge in [-0.2, -0.15) is 5.10 Å². The van der Waals surface area contributed by atoms with Crippen molar-refractivity contribution >= 4 is 22.8 Å². The lowest BCUT2D eigenvalue weighted by Crippen LogP contribution is -2.36. The maximum absolute atomic E-state index is 12.2. The van der Waals surface area contributed by atoms with Gasteiger partial charge in [0.15, 0.2) is 5.69 Å². The van der Waals surface area contributed by atoms with Crippen LogP contribution >= 0.6 is 0 Å². The summed E-state index contributed by atoms with van der Waals surface area (Å²) in [5, 5.41) is 19.1. The van der Waals surface area contributed by atoms with E-state index in [-0.39, 0.29) is 18.4 Å². The Morgan fingerprint density at radius 1 is 1.40 bits per heavy atom. The molecule has 0 aliphatic rings. The van der Waals surface area contributed by atoms with Gasteiger partial charge in [-0.1, -0.05) is 31.5 Å². The van der Waals surface area contributed by atoms with Gasteiger partial charge in [0.1, 0.15) is 0 Å². The minimum absolute atomic E-state index is 0.0814. The first-order valence-electron chi connectivity index (χ1n) is 6.57. The highest BCUT2D eigenvalue weighted by atomic mass is 16.4. The summed E-state index contributed by atoms with van der Waals surface area (Å²) in [7, 11) is 0. The molecule has 0 saturated carbocycles. The van der Waals surface area contributed by atoms with Crippen LogP contribution in [0.15, 0.2) is 24.3 Å². The maximum atomic E-state index is 12.2. The predicted molar refractivity (Wildman–Crippen MR) is 74.5 cm³/mol. The highest BCUT2D eigenvalue weighted by Crippen LogP contribution is 2.15. The second-order valence-corrected chi connectivity index (χ2v) is 4.67. The number of carbonyl (C=O) groups is 2. The third kappa shape index (κ3) is 3.14. The average molecular weight is 275 g/mol. The number of nitrogens with one attached hydrogen (secondary N) is 2. The number of aromatic amines is 1. The standard InChI is InChI=1S/C14H17N3O3/c1-2-5-9(8-12(18)19)15-14(20)13-10-6-3-4-7-11(10)16-17-13/h3-4,6-7,9H,2,5,8H2,1H3,(H,15,20)(H,16,17)(H,18,19). The normalized spacial score (nSPS) is 12.2. The van der Waals surface area contributed by atoms with Gasteiger partial charge in [-0.05, 0) is 12.5 Å². The zero-order chi connectivity index (χ0) is 14.5. The lowest BCUT2D eigenvalue weighted by Gasteiger charge is -2.15. The Morgan fingerprint density at radius 2 is 2.15 bits per heavy atom. The SMILES string of the molecule is CCCC(CC(=O)O)NC(=O)c1n[nH]c2ccccc12. The third-order valence-electron chi connectivity index (χ3n) is 3.08. The van der Waals surface area contributed by atoms with E-state index < -0.39 is 5.97 Å². The topological polar surface area (TPSA) is 95.1 Å². The Balaban J connectivity index is 2.15. The fraction of sp³-hybridized carbons (Fsp3) is 0.357. The van der Waals surface area contributed by atoms with Crippen molar-refractivity contribution in [1.29, 1.82) is 0 Å². The Hall–Kier alpha value is -2.37. The van der Waals surface area contributed by atoms with Crippen molar-refractivity contribution in [2.24, 2.45) is 0 Å². The van der Waals surface area contributed by atoms with Gasteiger partial charge in [0.25, 0.3) is 5.91 Å². The van der Waals surface area contributed by atoms with Crippen LogP contribution in [0.3, 0.4) is 0 Å². The van der Waals surface area contributed by atoms with Crippen LogP contribution in [0.25, 0.3) is 10.9 Å². The first-order valence-corrected chi connectivity index (χ1v) is 6.57. The molecular weight excluding hydrogens is 258 g/mol. The zero-order valence-electron chi connectivity index (χ0n) is 11.2. The van der Waals surface area contributed by atoms with E-state index in [1.54, 1.807) is 6.07 Å². The first kappa shape index (κ1) is 14.0. The van der Waals surface area contributed by atoms with E-state index in [0.29, 0.717) is 12.1 Å². The van der Waals surface area contributed by atoms with Crippen LogP contribution in [0.1, 0.15) is 36.7 Å². The summed E-state index contributed by atoms with van der Waals surface area (Å²) < 4.78 is 0. The number of carboxylic acids is 1. The van der Waals surface area contributed by atoms with E-state index in [2.05, 4.69) is 15.5 Å². The fourth-order valence-corrected chi connectivity index (χ4v) is 2.17. The van der Waals surface area contributed by atoms with Crippen LogP contribution in [0, 0.1) is 0 Å². The van der Waals surface area contributed by atoms with Crippen molar-refractivity contribution in [2.75, 3.05) is 0 Å². The van der Waals surface area contributed by atoms with Gasteiger partial charge < -0.3 is 10.4 Å². The van der Waals surface area contributed by atoms with Crippen LogP contribution in [0.2, 0.25) is 0 Å². The van der Waals surface area contributed by atoms with Gasteiger partial charge in [-0.15, -0.1) is 0 Å². The molecule has 0 spiro atoms. The molecule has 6 heteroatoms. The maximum Gasteiger partial charge on any atom is 0.305 e. The number of fused-ring (bicyclic) bond motifs is 1. The van der Waals surface area contributed by atoms with E-state index in [0.717, 1.165) is 17.3 Å². The quantitative estimate of drug-likeness (QED) is 0.750. The van der Waals surface area contributed by atoms with Gasteiger partial charge in [0.2, 0.25) is 0 Å². The number of hydrogen-bond acceptors (Lipinski definition) is 3. The van der Waals surface area contributed by atoms with E-state index >= 15 is 0 Å². The molecule has 0 saturated heterocycles. The molecule has 20 heavy (non-hydrogen) atoms. The van der Waals surface area contributed by atoms with Gasteiger partial charge in [-0.3, -0.25) is 14.7 Å². The van der Waals surface area contributed by atoms with E-state index in [4.69, 9.17) is 5.11 Å². The number of amides is 1. The molecule has 1 aromatic carbocycles. The summed E-state index contributed by atoms with van der Waals surface area (Å²) in [4.78, 5) is 23.0. The Bertz CT molecular complexity index is 621. The smallest absolute Gasteiger partial charge is 0.305 e. The van der Waals surface area contributed by atoms with Gasteiger partial charge >= 0.3 is 5.97 Å². The number of hydrogen-bond donors (Lipinski definition) is 3. The molecule has 1 unspecified atom stereocenters. The number of nitrogens with zero attached hydrogens (tertiary/aromatic N) is 1. The van der Waals surface area contributed by atoms with Crippen molar-refractivity contribution in [3.05, 3.63) is 30.0 Å². The number of aliphatic carboxylic acids is 1. The highest BCUT2D eigenvalue weighted by molar-refractivity contribution is 6.04. The van der Waals surface area contributed by atoms with Crippen LogP contribution in [-0.2, 0) is 4.79 Å². The second kappa shape index (κ2) is 6.18. The lowest BCUT2D eigenvalue weighted by molar-refractivity contribution is -0.137. The molecule has 2 aromatic rings. The summed E-state index contributed by atoms with van der Waals surface area (Å²) in [5.74, 6) is -1.27. The Morgan fingerprint density at radius 3 is 2.85 bits per heavy atom. The van der Waals surface area contributed by atoms with Crippen LogP contribution in [0.4, 0.5) is 0 Å². The number of para-hydroxylation sites is 1. The van der Waals surface area contributed by atoms with Crippen molar-refractivity contribution in [3.63, 3.8) is 0 Å². The zero-order valence-corrected chi connectivity index (χ0v) is 11.2. The molecule has 1 amide bonds. The number of H-pyrrole nitrogens is 1. The lowest BCUT2D eigenvalue weighted by atomic mass is 10.1. The molecule has 1 heterocycles. The summed E-state index contributed by atoms with van der Waals surface area (Å²) >= 11 is 0. The summed E-state index contributed by atoms with van der Waals surface area (Å²) in [6.45, 7) is 1.95.